The number of aromatic nitrogens is 1. The Kier molecular flexibility index (Phi) is 3.62. The summed E-state index contributed by atoms with van der Waals surface area (Å²) in [6, 6.07) is 11.7. The predicted octanol–water partition coefficient (Wildman–Crippen LogP) is 4.43. The third-order valence-electron chi connectivity index (χ3n) is 2.74. The smallest absolute Gasteiger partial charge is 0.267 e. The highest BCUT2D eigenvalue weighted by Crippen LogP contribution is 2.29. The van der Waals surface area contributed by atoms with Crippen LogP contribution in [-0.2, 0) is 0 Å². The van der Waals surface area contributed by atoms with Gasteiger partial charge in [-0.2, -0.15) is 0 Å². The van der Waals surface area contributed by atoms with Gasteiger partial charge in [-0.1, -0.05) is 18.2 Å². The maximum Gasteiger partial charge on any atom is 0.267 e. The molecule has 1 aromatic carbocycles. The van der Waals surface area contributed by atoms with Gasteiger partial charge in [0.15, 0.2) is 0 Å². The van der Waals surface area contributed by atoms with Gasteiger partial charge in [-0.05, 0) is 36.1 Å². The summed E-state index contributed by atoms with van der Waals surface area (Å²) in [6.45, 7) is 2.00. The van der Waals surface area contributed by atoms with E-state index >= 15 is 0 Å². The van der Waals surface area contributed by atoms with Crippen LogP contribution in [0.2, 0.25) is 0 Å². The lowest BCUT2D eigenvalue weighted by molar-refractivity contribution is 0.103. The summed E-state index contributed by atoms with van der Waals surface area (Å²) in [6.07, 6.45) is 1.63. The van der Waals surface area contributed by atoms with E-state index in [-0.39, 0.29) is 5.91 Å². The zero-order valence-corrected chi connectivity index (χ0v) is 12.4. The van der Waals surface area contributed by atoms with Crippen LogP contribution in [0.3, 0.4) is 0 Å². The van der Waals surface area contributed by atoms with E-state index in [1.54, 1.807) is 17.5 Å². The van der Waals surface area contributed by atoms with E-state index in [0.29, 0.717) is 4.88 Å². The zero-order chi connectivity index (χ0) is 13.9. The first-order valence-corrected chi connectivity index (χ1v) is 7.80. The van der Waals surface area contributed by atoms with Crippen molar-refractivity contribution in [2.75, 3.05) is 5.32 Å². The molecule has 0 saturated heterocycles. The van der Waals surface area contributed by atoms with Gasteiger partial charge in [0, 0.05) is 5.69 Å². The number of amides is 1. The van der Waals surface area contributed by atoms with Crippen molar-refractivity contribution in [3.63, 3.8) is 0 Å². The lowest BCUT2D eigenvalue weighted by Gasteiger charge is -2.03. The summed E-state index contributed by atoms with van der Waals surface area (Å²) in [5.74, 6) is -0.115. The van der Waals surface area contributed by atoms with Gasteiger partial charge in [0.2, 0.25) is 0 Å². The normalized spacial score (nSPS) is 10.4. The summed E-state index contributed by atoms with van der Waals surface area (Å²) >= 11 is 3.03. The number of carbonyl (C=O) groups excluding carboxylic acids is 1. The van der Waals surface area contributed by atoms with E-state index in [2.05, 4.69) is 10.3 Å². The van der Waals surface area contributed by atoms with Crippen molar-refractivity contribution in [3.05, 3.63) is 58.4 Å². The highest BCUT2D eigenvalue weighted by Gasteiger charge is 2.12. The first-order chi connectivity index (χ1) is 9.72. The van der Waals surface area contributed by atoms with Crippen LogP contribution in [-0.4, -0.2) is 10.9 Å². The van der Waals surface area contributed by atoms with Crippen molar-refractivity contribution < 1.29 is 4.79 Å². The van der Waals surface area contributed by atoms with Gasteiger partial charge in [0.05, 0.1) is 11.1 Å². The average molecular weight is 300 g/mol. The molecule has 0 atom stereocenters. The van der Waals surface area contributed by atoms with Crippen molar-refractivity contribution in [2.24, 2.45) is 0 Å². The predicted molar refractivity (Wildman–Crippen MR) is 84.6 cm³/mol. The molecule has 0 bridgehead atoms. The Balaban J connectivity index is 1.78. The van der Waals surface area contributed by atoms with E-state index in [4.69, 9.17) is 0 Å². The van der Waals surface area contributed by atoms with Crippen LogP contribution in [0.25, 0.3) is 9.88 Å². The number of anilines is 1. The van der Waals surface area contributed by atoms with Crippen molar-refractivity contribution >= 4 is 34.3 Å². The van der Waals surface area contributed by atoms with Crippen molar-refractivity contribution in [1.82, 2.24) is 4.98 Å². The lowest BCUT2D eigenvalue weighted by Crippen LogP contribution is -2.10. The number of hydrogen-bond donors (Lipinski definition) is 1. The van der Waals surface area contributed by atoms with Crippen molar-refractivity contribution in [2.45, 2.75) is 6.92 Å². The lowest BCUT2D eigenvalue weighted by atomic mass is 10.2. The largest absolute Gasteiger partial charge is 0.321 e. The topological polar surface area (TPSA) is 42.0 Å². The van der Waals surface area contributed by atoms with Crippen molar-refractivity contribution in [3.8, 4) is 9.88 Å². The molecular formula is C15H12N2OS2. The standard InChI is InChI=1S/C15H12N2OS2/c1-10-4-2-5-11(8-10)17-14(18)13-9-16-15(20-13)12-6-3-7-19-12/h2-9H,1H3,(H,17,18). The van der Waals surface area contributed by atoms with Crippen molar-refractivity contribution in [1.29, 1.82) is 0 Å². The molecule has 1 amide bonds. The third-order valence-corrected chi connectivity index (χ3v) is 4.77. The molecule has 0 aliphatic rings. The first kappa shape index (κ1) is 13.0. The van der Waals surface area contributed by atoms with E-state index in [1.165, 1.54) is 11.3 Å². The SMILES string of the molecule is Cc1cccc(NC(=O)c2cnc(-c3cccs3)s2)c1. The molecule has 3 aromatic rings. The first-order valence-electron chi connectivity index (χ1n) is 6.10. The molecule has 0 radical (unpaired) electrons. The zero-order valence-electron chi connectivity index (χ0n) is 10.8. The fourth-order valence-electron chi connectivity index (χ4n) is 1.81. The molecule has 5 heteroatoms. The van der Waals surface area contributed by atoms with Gasteiger partial charge in [0.1, 0.15) is 9.88 Å². The number of rotatable bonds is 3. The molecule has 20 heavy (non-hydrogen) atoms. The molecule has 0 saturated carbocycles. The molecular weight excluding hydrogens is 288 g/mol. The van der Waals surface area contributed by atoms with Crippen LogP contribution in [0.15, 0.2) is 48.0 Å². The Morgan fingerprint density at radius 3 is 2.90 bits per heavy atom. The Morgan fingerprint density at radius 1 is 1.25 bits per heavy atom. The number of aryl methyl sites for hydroxylation is 1. The molecule has 100 valence electrons. The van der Waals surface area contributed by atoms with Crippen LogP contribution in [0.4, 0.5) is 5.69 Å². The highest BCUT2D eigenvalue weighted by molar-refractivity contribution is 7.22. The minimum Gasteiger partial charge on any atom is -0.321 e. The monoisotopic (exact) mass is 300 g/mol. The van der Waals surface area contributed by atoms with E-state index in [9.17, 15) is 4.79 Å². The van der Waals surface area contributed by atoms with Crippen LogP contribution in [0, 0.1) is 6.92 Å². The Hall–Kier alpha value is -1.98. The van der Waals surface area contributed by atoms with Gasteiger partial charge in [-0.25, -0.2) is 4.98 Å². The molecule has 0 fully saturated rings. The minimum atomic E-state index is -0.115. The van der Waals surface area contributed by atoms with Crippen LogP contribution >= 0.6 is 22.7 Å². The van der Waals surface area contributed by atoms with Gasteiger partial charge in [0.25, 0.3) is 5.91 Å². The van der Waals surface area contributed by atoms with Gasteiger partial charge < -0.3 is 5.32 Å². The highest BCUT2D eigenvalue weighted by atomic mass is 32.1. The maximum atomic E-state index is 12.2. The second-order valence-electron chi connectivity index (χ2n) is 4.33. The molecule has 2 heterocycles. The Labute approximate surface area is 124 Å². The van der Waals surface area contributed by atoms with Crippen LogP contribution < -0.4 is 5.32 Å². The second-order valence-corrected chi connectivity index (χ2v) is 6.31. The summed E-state index contributed by atoms with van der Waals surface area (Å²) in [5.41, 5.74) is 1.92. The summed E-state index contributed by atoms with van der Waals surface area (Å²) in [7, 11) is 0. The molecule has 0 aliphatic heterocycles. The van der Waals surface area contributed by atoms with E-state index < -0.39 is 0 Å². The summed E-state index contributed by atoms with van der Waals surface area (Å²) in [5, 5.41) is 5.78. The number of nitrogens with one attached hydrogen (secondary N) is 1. The molecule has 3 rings (SSSR count). The number of carbonyl (C=O) groups is 1. The third kappa shape index (κ3) is 2.79. The molecule has 0 unspecified atom stereocenters. The number of benzene rings is 1. The number of hydrogen-bond acceptors (Lipinski definition) is 4. The van der Waals surface area contributed by atoms with Gasteiger partial charge >= 0.3 is 0 Å². The average Bonchev–Trinajstić information content (AvgIpc) is 3.10. The quantitative estimate of drug-likeness (QED) is 0.777. The van der Waals surface area contributed by atoms with Crippen LogP contribution in [0.1, 0.15) is 15.2 Å². The number of thiazole rings is 1. The maximum absolute atomic E-state index is 12.2. The molecule has 1 N–H and O–H groups in total. The summed E-state index contributed by atoms with van der Waals surface area (Å²) in [4.78, 5) is 18.2. The molecule has 0 aliphatic carbocycles. The fraction of sp³-hybridized carbons (Fsp3) is 0.0667. The summed E-state index contributed by atoms with van der Waals surface area (Å²) < 4.78 is 0. The van der Waals surface area contributed by atoms with E-state index in [1.807, 2.05) is 48.7 Å². The second kappa shape index (κ2) is 5.56. The van der Waals surface area contributed by atoms with Crippen LogP contribution in [0.5, 0.6) is 0 Å². The Bertz CT molecular complexity index is 732. The fourth-order valence-corrected chi connectivity index (χ4v) is 3.42. The molecule has 2 aromatic heterocycles. The number of thiophene rings is 1. The minimum absolute atomic E-state index is 0.115. The Morgan fingerprint density at radius 2 is 2.15 bits per heavy atom. The van der Waals surface area contributed by atoms with Gasteiger partial charge in [-0.3, -0.25) is 4.79 Å². The van der Waals surface area contributed by atoms with E-state index in [0.717, 1.165) is 21.1 Å². The molecule has 0 spiro atoms. The molecule has 3 nitrogen and oxygen atoms in total. The van der Waals surface area contributed by atoms with Gasteiger partial charge in [-0.15, -0.1) is 22.7 Å². The number of nitrogens with zero attached hydrogens (tertiary/aromatic N) is 1.